The SMILES string of the molecule is Cc1ccc([N+](=O)[O-])c(N2CCC(=Cc3cc4ccccc4s3)CC2)n1. The Bertz CT molecular complexity index is 966. The van der Waals surface area contributed by atoms with Gasteiger partial charge in [0.25, 0.3) is 0 Å². The second-order valence-corrected chi connectivity index (χ2v) is 7.64. The van der Waals surface area contributed by atoms with Crippen LogP contribution in [-0.2, 0) is 0 Å². The fraction of sp³-hybridized carbons (Fsp3) is 0.250. The van der Waals surface area contributed by atoms with Gasteiger partial charge >= 0.3 is 5.69 Å². The molecular formula is C20H19N3O2S. The number of aryl methyl sites for hydroxylation is 1. The zero-order chi connectivity index (χ0) is 18.1. The Morgan fingerprint density at radius 1 is 1.19 bits per heavy atom. The zero-order valence-corrected chi connectivity index (χ0v) is 15.3. The Morgan fingerprint density at radius 3 is 2.69 bits per heavy atom. The van der Waals surface area contributed by atoms with Crippen molar-refractivity contribution in [3.05, 3.63) is 68.7 Å². The lowest BCUT2D eigenvalue weighted by Crippen LogP contribution is -2.31. The minimum atomic E-state index is -0.343. The number of aromatic nitrogens is 1. The predicted octanol–water partition coefficient (Wildman–Crippen LogP) is 5.20. The van der Waals surface area contributed by atoms with E-state index in [1.165, 1.54) is 20.5 Å². The molecule has 0 amide bonds. The van der Waals surface area contributed by atoms with Crippen molar-refractivity contribution < 1.29 is 4.92 Å². The van der Waals surface area contributed by atoms with Gasteiger partial charge in [0.1, 0.15) is 0 Å². The Balaban J connectivity index is 1.52. The average molecular weight is 365 g/mol. The minimum absolute atomic E-state index is 0.0903. The molecule has 0 spiro atoms. The summed E-state index contributed by atoms with van der Waals surface area (Å²) in [5.74, 6) is 0.496. The van der Waals surface area contributed by atoms with Crippen LogP contribution in [0.3, 0.4) is 0 Å². The van der Waals surface area contributed by atoms with Crippen molar-refractivity contribution in [1.82, 2.24) is 4.98 Å². The Labute approximate surface area is 155 Å². The van der Waals surface area contributed by atoms with E-state index in [2.05, 4.69) is 41.4 Å². The van der Waals surface area contributed by atoms with E-state index in [4.69, 9.17) is 0 Å². The highest BCUT2D eigenvalue weighted by Gasteiger charge is 2.24. The lowest BCUT2D eigenvalue weighted by molar-refractivity contribution is -0.384. The van der Waals surface area contributed by atoms with Crippen LogP contribution in [0.1, 0.15) is 23.4 Å². The van der Waals surface area contributed by atoms with Crippen LogP contribution in [0.4, 0.5) is 11.5 Å². The van der Waals surface area contributed by atoms with Crippen molar-refractivity contribution in [2.24, 2.45) is 0 Å². The fourth-order valence-electron chi connectivity index (χ4n) is 3.34. The summed E-state index contributed by atoms with van der Waals surface area (Å²) in [4.78, 5) is 18.7. The first-order chi connectivity index (χ1) is 12.6. The van der Waals surface area contributed by atoms with Crippen molar-refractivity contribution in [2.75, 3.05) is 18.0 Å². The van der Waals surface area contributed by atoms with Crippen LogP contribution < -0.4 is 4.90 Å². The molecule has 1 saturated heterocycles. The maximum absolute atomic E-state index is 11.3. The molecule has 4 rings (SSSR count). The minimum Gasteiger partial charge on any atom is -0.350 e. The second kappa shape index (κ2) is 6.88. The van der Waals surface area contributed by atoms with Gasteiger partial charge in [-0.25, -0.2) is 4.98 Å². The van der Waals surface area contributed by atoms with Gasteiger partial charge in [-0.2, -0.15) is 0 Å². The molecule has 2 aromatic heterocycles. The summed E-state index contributed by atoms with van der Waals surface area (Å²) in [7, 11) is 0. The largest absolute Gasteiger partial charge is 0.350 e. The number of anilines is 1. The summed E-state index contributed by atoms with van der Waals surface area (Å²) in [6, 6.07) is 13.9. The molecule has 0 N–H and O–H groups in total. The van der Waals surface area contributed by atoms with Gasteiger partial charge in [-0.05, 0) is 49.4 Å². The monoisotopic (exact) mass is 365 g/mol. The smallest absolute Gasteiger partial charge is 0.311 e. The lowest BCUT2D eigenvalue weighted by Gasteiger charge is -2.29. The number of pyridine rings is 1. The molecule has 0 radical (unpaired) electrons. The van der Waals surface area contributed by atoms with Crippen LogP contribution in [0, 0.1) is 17.0 Å². The van der Waals surface area contributed by atoms with Gasteiger partial charge in [-0.15, -0.1) is 11.3 Å². The maximum Gasteiger partial charge on any atom is 0.311 e. The average Bonchev–Trinajstić information content (AvgIpc) is 3.04. The molecule has 5 nitrogen and oxygen atoms in total. The van der Waals surface area contributed by atoms with Gasteiger partial charge in [0.2, 0.25) is 5.82 Å². The maximum atomic E-state index is 11.3. The van der Waals surface area contributed by atoms with E-state index < -0.39 is 0 Å². The normalized spacial score (nSPS) is 14.7. The molecule has 132 valence electrons. The molecular weight excluding hydrogens is 346 g/mol. The summed E-state index contributed by atoms with van der Waals surface area (Å²) in [6.07, 6.45) is 4.09. The molecule has 1 aliphatic rings. The first kappa shape index (κ1) is 16.7. The van der Waals surface area contributed by atoms with Gasteiger partial charge in [0, 0.05) is 34.4 Å². The molecule has 0 saturated carbocycles. The number of thiophene rings is 1. The third-order valence-corrected chi connectivity index (χ3v) is 5.75. The Hall–Kier alpha value is -2.73. The van der Waals surface area contributed by atoms with Crippen molar-refractivity contribution >= 4 is 39.0 Å². The van der Waals surface area contributed by atoms with E-state index in [1.807, 2.05) is 11.8 Å². The summed E-state index contributed by atoms with van der Waals surface area (Å²) in [5, 5.41) is 12.6. The number of hydrogen-bond acceptors (Lipinski definition) is 5. The number of fused-ring (bicyclic) bond motifs is 1. The van der Waals surface area contributed by atoms with E-state index in [1.54, 1.807) is 23.5 Å². The molecule has 0 unspecified atom stereocenters. The van der Waals surface area contributed by atoms with E-state index in [9.17, 15) is 10.1 Å². The summed E-state index contributed by atoms with van der Waals surface area (Å²) >= 11 is 1.80. The Morgan fingerprint density at radius 2 is 1.96 bits per heavy atom. The molecule has 0 bridgehead atoms. The van der Waals surface area contributed by atoms with Gasteiger partial charge in [-0.1, -0.05) is 23.8 Å². The first-order valence-corrected chi connectivity index (χ1v) is 9.47. The van der Waals surface area contributed by atoms with E-state index in [0.29, 0.717) is 5.82 Å². The quantitative estimate of drug-likeness (QED) is 0.473. The molecule has 0 atom stereocenters. The lowest BCUT2D eigenvalue weighted by atomic mass is 10.0. The molecule has 3 heterocycles. The highest BCUT2D eigenvalue weighted by molar-refractivity contribution is 7.19. The summed E-state index contributed by atoms with van der Waals surface area (Å²) in [6.45, 7) is 3.38. The third kappa shape index (κ3) is 3.32. The van der Waals surface area contributed by atoms with Gasteiger partial charge in [0.15, 0.2) is 0 Å². The number of benzene rings is 1. The number of nitrogens with zero attached hydrogens (tertiary/aromatic N) is 3. The Kier molecular flexibility index (Phi) is 4.42. The summed E-state index contributed by atoms with van der Waals surface area (Å²) < 4.78 is 1.30. The number of hydrogen-bond donors (Lipinski definition) is 0. The number of piperidine rings is 1. The van der Waals surface area contributed by atoms with Crippen LogP contribution in [0.5, 0.6) is 0 Å². The van der Waals surface area contributed by atoms with E-state index in [0.717, 1.165) is 31.6 Å². The fourth-order valence-corrected chi connectivity index (χ4v) is 4.39. The number of rotatable bonds is 3. The second-order valence-electron chi connectivity index (χ2n) is 6.53. The predicted molar refractivity (Wildman–Crippen MR) is 107 cm³/mol. The van der Waals surface area contributed by atoms with Crippen molar-refractivity contribution in [3.8, 4) is 0 Å². The third-order valence-electron chi connectivity index (χ3n) is 4.69. The van der Waals surface area contributed by atoms with Crippen molar-refractivity contribution in [3.63, 3.8) is 0 Å². The molecule has 1 fully saturated rings. The molecule has 1 aliphatic heterocycles. The van der Waals surface area contributed by atoms with Crippen LogP contribution in [0.15, 0.2) is 48.0 Å². The van der Waals surface area contributed by atoms with Crippen molar-refractivity contribution in [2.45, 2.75) is 19.8 Å². The van der Waals surface area contributed by atoms with Crippen molar-refractivity contribution in [1.29, 1.82) is 0 Å². The molecule has 3 aromatic rings. The van der Waals surface area contributed by atoms with Crippen LogP contribution >= 0.6 is 11.3 Å². The van der Waals surface area contributed by atoms with Gasteiger partial charge in [-0.3, -0.25) is 10.1 Å². The molecule has 1 aromatic carbocycles. The summed E-state index contributed by atoms with van der Waals surface area (Å²) in [5.41, 5.74) is 2.29. The topological polar surface area (TPSA) is 59.3 Å². The standard InChI is InChI=1S/C20H19N3O2S/c1-14-6-7-18(23(24)25)20(21-14)22-10-8-15(9-11-22)12-17-13-16-4-2-3-5-19(16)26-17/h2-7,12-13H,8-11H2,1H3. The molecule has 6 heteroatoms. The van der Waals surface area contributed by atoms with E-state index in [-0.39, 0.29) is 10.6 Å². The van der Waals surface area contributed by atoms with Crippen LogP contribution in [-0.4, -0.2) is 23.0 Å². The highest BCUT2D eigenvalue weighted by atomic mass is 32.1. The number of nitro groups is 1. The van der Waals surface area contributed by atoms with E-state index >= 15 is 0 Å². The highest BCUT2D eigenvalue weighted by Crippen LogP contribution is 2.32. The zero-order valence-electron chi connectivity index (χ0n) is 14.5. The van der Waals surface area contributed by atoms with Crippen LogP contribution in [0.25, 0.3) is 16.2 Å². The molecule has 26 heavy (non-hydrogen) atoms. The van der Waals surface area contributed by atoms with Crippen LogP contribution in [0.2, 0.25) is 0 Å². The van der Waals surface area contributed by atoms with Gasteiger partial charge < -0.3 is 4.90 Å². The molecule has 0 aliphatic carbocycles. The van der Waals surface area contributed by atoms with Gasteiger partial charge in [0.05, 0.1) is 4.92 Å². The first-order valence-electron chi connectivity index (χ1n) is 8.65.